The number of hydrogen-bond acceptors (Lipinski definition) is 3. The Morgan fingerprint density at radius 3 is 2.72 bits per heavy atom. The molecule has 1 fully saturated rings. The largest absolute Gasteiger partial charge is 0.385 e. The van der Waals surface area contributed by atoms with E-state index in [-0.39, 0.29) is 41.8 Å². The highest BCUT2D eigenvalue weighted by atomic mass is 127. The van der Waals surface area contributed by atoms with E-state index in [9.17, 15) is 4.39 Å². The van der Waals surface area contributed by atoms with Crippen molar-refractivity contribution < 1.29 is 9.13 Å². The second-order valence-electron chi connectivity index (χ2n) is 6.29. The quantitative estimate of drug-likeness (QED) is 0.373. The Bertz CT molecular complexity index is 626. The standard InChI is InChI=1S/C18H25FN4O.HI/c1-21-17(23-13-18(6-3-7-18)8-9-24-2)22-12-15-10-14(11-20)4-5-16(15)19;/h4-5,10H,3,6-9,12-13H2,1-2H3,(H2,21,22,23);1H. The number of aliphatic imine (C=N–C) groups is 1. The second-order valence-corrected chi connectivity index (χ2v) is 6.29. The predicted molar refractivity (Wildman–Crippen MR) is 108 cm³/mol. The van der Waals surface area contributed by atoms with Crippen molar-refractivity contribution in [3.63, 3.8) is 0 Å². The molecule has 5 nitrogen and oxygen atoms in total. The summed E-state index contributed by atoms with van der Waals surface area (Å²) in [6.45, 7) is 1.88. The highest BCUT2D eigenvalue weighted by molar-refractivity contribution is 14.0. The third-order valence-corrected chi connectivity index (χ3v) is 4.73. The average Bonchev–Trinajstić information content (AvgIpc) is 2.57. The molecule has 2 N–H and O–H groups in total. The van der Waals surface area contributed by atoms with E-state index in [0.29, 0.717) is 17.1 Å². The molecule has 0 atom stereocenters. The van der Waals surface area contributed by atoms with Gasteiger partial charge in [0, 0.05) is 39.4 Å². The maximum atomic E-state index is 13.8. The summed E-state index contributed by atoms with van der Waals surface area (Å²) in [6, 6.07) is 6.37. The Morgan fingerprint density at radius 2 is 2.16 bits per heavy atom. The molecule has 138 valence electrons. The maximum Gasteiger partial charge on any atom is 0.191 e. The Hall–Kier alpha value is -1.40. The Kier molecular flexibility index (Phi) is 9.14. The van der Waals surface area contributed by atoms with E-state index in [4.69, 9.17) is 10.00 Å². The van der Waals surface area contributed by atoms with Gasteiger partial charge in [-0.25, -0.2) is 4.39 Å². The SMILES string of the molecule is CN=C(NCc1cc(C#N)ccc1F)NCC1(CCOC)CCC1.I. The number of halogens is 2. The highest BCUT2D eigenvalue weighted by Crippen LogP contribution is 2.43. The van der Waals surface area contributed by atoms with Gasteiger partial charge in [-0.05, 0) is 42.9 Å². The van der Waals surface area contributed by atoms with Crippen molar-refractivity contribution in [3.05, 3.63) is 35.1 Å². The summed E-state index contributed by atoms with van der Waals surface area (Å²) in [5.41, 5.74) is 1.18. The zero-order valence-electron chi connectivity index (χ0n) is 14.8. The summed E-state index contributed by atoms with van der Waals surface area (Å²) in [5, 5.41) is 15.4. The van der Waals surface area contributed by atoms with E-state index < -0.39 is 0 Å². The van der Waals surface area contributed by atoms with Gasteiger partial charge < -0.3 is 15.4 Å². The van der Waals surface area contributed by atoms with Gasteiger partial charge in [-0.2, -0.15) is 5.26 Å². The first-order chi connectivity index (χ1) is 11.6. The second kappa shape index (κ2) is 10.6. The van der Waals surface area contributed by atoms with Gasteiger partial charge in [-0.15, -0.1) is 24.0 Å². The first-order valence-corrected chi connectivity index (χ1v) is 8.24. The van der Waals surface area contributed by atoms with Gasteiger partial charge in [0.1, 0.15) is 5.82 Å². The molecular weight excluding hydrogens is 434 g/mol. The molecule has 7 heteroatoms. The zero-order chi connectivity index (χ0) is 17.4. The number of nitrogens with zero attached hydrogens (tertiary/aromatic N) is 2. The fourth-order valence-corrected chi connectivity index (χ4v) is 2.96. The molecule has 1 aliphatic rings. The van der Waals surface area contributed by atoms with Crippen LogP contribution in [0.2, 0.25) is 0 Å². The number of nitrogens with one attached hydrogen (secondary N) is 2. The molecule has 1 aromatic rings. The highest BCUT2D eigenvalue weighted by Gasteiger charge is 2.36. The van der Waals surface area contributed by atoms with E-state index in [1.807, 2.05) is 6.07 Å². The fraction of sp³-hybridized carbons (Fsp3) is 0.556. The molecule has 25 heavy (non-hydrogen) atoms. The summed E-state index contributed by atoms with van der Waals surface area (Å²) >= 11 is 0. The van der Waals surface area contributed by atoms with E-state index in [1.165, 1.54) is 31.4 Å². The third kappa shape index (κ3) is 6.12. The van der Waals surface area contributed by atoms with Crippen LogP contribution in [0, 0.1) is 22.6 Å². The van der Waals surface area contributed by atoms with Crippen LogP contribution in [-0.4, -0.2) is 33.3 Å². The molecule has 0 heterocycles. The zero-order valence-corrected chi connectivity index (χ0v) is 17.1. The Labute approximate surface area is 166 Å². The van der Waals surface area contributed by atoms with Crippen molar-refractivity contribution in [1.82, 2.24) is 10.6 Å². The molecule has 1 saturated carbocycles. The Balaban J connectivity index is 0.00000312. The van der Waals surface area contributed by atoms with Gasteiger partial charge in [0.25, 0.3) is 0 Å². The summed E-state index contributed by atoms with van der Waals surface area (Å²) in [6.07, 6.45) is 4.67. The van der Waals surface area contributed by atoms with E-state index in [0.717, 1.165) is 19.6 Å². The molecule has 0 unspecified atom stereocenters. The van der Waals surface area contributed by atoms with Crippen LogP contribution in [0.1, 0.15) is 36.8 Å². The lowest BCUT2D eigenvalue weighted by atomic mass is 9.67. The van der Waals surface area contributed by atoms with Crippen LogP contribution >= 0.6 is 24.0 Å². The van der Waals surface area contributed by atoms with Gasteiger partial charge >= 0.3 is 0 Å². The molecule has 0 saturated heterocycles. The van der Waals surface area contributed by atoms with Crippen molar-refractivity contribution in [2.45, 2.75) is 32.2 Å². The minimum absolute atomic E-state index is 0. The van der Waals surface area contributed by atoms with Gasteiger partial charge in [0.15, 0.2) is 5.96 Å². The number of ether oxygens (including phenoxy) is 1. The van der Waals surface area contributed by atoms with Gasteiger partial charge in [-0.3, -0.25) is 4.99 Å². The Morgan fingerprint density at radius 1 is 1.40 bits per heavy atom. The van der Waals surface area contributed by atoms with Crippen LogP contribution in [0.15, 0.2) is 23.2 Å². The number of hydrogen-bond donors (Lipinski definition) is 2. The molecule has 2 rings (SSSR count). The number of rotatable bonds is 7. The maximum absolute atomic E-state index is 13.8. The van der Waals surface area contributed by atoms with Crippen molar-refractivity contribution in [1.29, 1.82) is 5.26 Å². The minimum Gasteiger partial charge on any atom is -0.385 e. The fourth-order valence-electron chi connectivity index (χ4n) is 2.96. The smallest absolute Gasteiger partial charge is 0.191 e. The van der Waals surface area contributed by atoms with E-state index in [2.05, 4.69) is 15.6 Å². The van der Waals surface area contributed by atoms with Crippen molar-refractivity contribution in [2.75, 3.05) is 27.3 Å². The average molecular weight is 460 g/mol. The first-order valence-electron chi connectivity index (χ1n) is 8.24. The third-order valence-electron chi connectivity index (χ3n) is 4.73. The first kappa shape index (κ1) is 21.6. The van der Waals surface area contributed by atoms with Crippen LogP contribution < -0.4 is 10.6 Å². The summed E-state index contributed by atoms with van der Waals surface area (Å²) in [5.74, 6) is 0.313. The minimum atomic E-state index is -0.326. The lowest BCUT2D eigenvalue weighted by molar-refractivity contribution is 0.0732. The summed E-state index contributed by atoms with van der Waals surface area (Å²) in [7, 11) is 3.42. The monoisotopic (exact) mass is 460 g/mol. The van der Waals surface area contributed by atoms with Crippen LogP contribution in [0.4, 0.5) is 4.39 Å². The number of benzene rings is 1. The molecular formula is C18H26FIN4O. The van der Waals surface area contributed by atoms with Crippen LogP contribution in [0.25, 0.3) is 0 Å². The van der Waals surface area contributed by atoms with E-state index in [1.54, 1.807) is 20.2 Å². The van der Waals surface area contributed by atoms with Crippen LogP contribution in [0.3, 0.4) is 0 Å². The van der Waals surface area contributed by atoms with Crippen LogP contribution in [0.5, 0.6) is 0 Å². The van der Waals surface area contributed by atoms with E-state index >= 15 is 0 Å². The van der Waals surface area contributed by atoms with Crippen molar-refractivity contribution >= 4 is 29.9 Å². The summed E-state index contributed by atoms with van der Waals surface area (Å²) in [4.78, 5) is 4.19. The van der Waals surface area contributed by atoms with Crippen LogP contribution in [-0.2, 0) is 11.3 Å². The number of guanidine groups is 1. The molecule has 0 aromatic heterocycles. The van der Waals surface area contributed by atoms with Crippen molar-refractivity contribution in [2.24, 2.45) is 10.4 Å². The van der Waals surface area contributed by atoms with Crippen molar-refractivity contribution in [3.8, 4) is 6.07 Å². The molecule has 0 aliphatic heterocycles. The molecule has 0 amide bonds. The molecule has 0 spiro atoms. The lowest BCUT2D eigenvalue weighted by Gasteiger charge is -2.42. The topological polar surface area (TPSA) is 69.4 Å². The summed E-state index contributed by atoms with van der Waals surface area (Å²) < 4.78 is 19.0. The van der Waals surface area contributed by atoms with Gasteiger partial charge in [0.05, 0.1) is 11.6 Å². The van der Waals surface area contributed by atoms with Gasteiger partial charge in [-0.1, -0.05) is 6.42 Å². The number of nitriles is 1. The molecule has 0 bridgehead atoms. The number of methoxy groups -OCH3 is 1. The predicted octanol–water partition coefficient (Wildman–Crippen LogP) is 3.19. The molecule has 1 aromatic carbocycles. The van der Waals surface area contributed by atoms with Gasteiger partial charge in [0.2, 0.25) is 0 Å². The lowest BCUT2D eigenvalue weighted by Crippen LogP contribution is -2.46. The molecule has 1 aliphatic carbocycles. The molecule has 0 radical (unpaired) electrons. The normalized spacial score (nSPS) is 15.5.